The number of hydrogen-bond acceptors (Lipinski definition) is 6. The molecule has 0 bridgehead atoms. The summed E-state index contributed by atoms with van der Waals surface area (Å²) in [6, 6.07) is 12.1. The molecular weight excluding hydrogens is 460 g/mol. The van der Waals surface area contributed by atoms with E-state index in [-0.39, 0.29) is 35.1 Å². The number of rotatable bonds is 5. The molecule has 31 heavy (non-hydrogen) atoms. The molecule has 2 aromatic rings. The number of amides is 1. The van der Waals surface area contributed by atoms with E-state index in [1.54, 1.807) is 43.5 Å². The molecule has 164 valence electrons. The van der Waals surface area contributed by atoms with Gasteiger partial charge in [-0.3, -0.25) is 4.79 Å². The zero-order valence-electron chi connectivity index (χ0n) is 16.9. The summed E-state index contributed by atoms with van der Waals surface area (Å²) in [5.41, 5.74) is 1.34. The summed E-state index contributed by atoms with van der Waals surface area (Å²) in [4.78, 5) is 18.9. The van der Waals surface area contributed by atoms with Gasteiger partial charge in [-0.2, -0.15) is 4.99 Å². The first-order valence-corrected chi connectivity index (χ1v) is 12.6. The molecule has 4 rings (SSSR count). The fourth-order valence-corrected chi connectivity index (χ4v) is 7.91. The largest absolute Gasteiger partial charge is 0.497 e. The van der Waals surface area contributed by atoms with Crippen LogP contribution in [0.15, 0.2) is 47.5 Å². The van der Waals surface area contributed by atoms with Crippen LogP contribution in [0.25, 0.3) is 0 Å². The third kappa shape index (κ3) is 4.53. The Balaban J connectivity index is 1.71. The maximum atomic E-state index is 12.7. The highest BCUT2D eigenvalue weighted by atomic mass is 35.5. The van der Waals surface area contributed by atoms with Gasteiger partial charge in [0.2, 0.25) is 0 Å². The van der Waals surface area contributed by atoms with Crippen molar-refractivity contribution in [2.75, 3.05) is 30.6 Å². The number of benzene rings is 2. The van der Waals surface area contributed by atoms with Crippen LogP contribution in [0.3, 0.4) is 0 Å². The minimum absolute atomic E-state index is 0.00241. The van der Waals surface area contributed by atoms with E-state index < -0.39 is 9.84 Å². The summed E-state index contributed by atoms with van der Waals surface area (Å²) in [5, 5.41) is 0.765. The SMILES string of the molecule is COc1ccc(N2C(=NC(=O)Cc3ccccc3Cl)S[C@H]3CS(=O)(=O)C[C@@H]32)c(OC)c1. The number of ether oxygens (including phenoxy) is 2. The lowest BCUT2D eigenvalue weighted by Crippen LogP contribution is -2.38. The van der Waals surface area contributed by atoms with E-state index in [0.717, 1.165) is 0 Å². The van der Waals surface area contributed by atoms with E-state index in [9.17, 15) is 13.2 Å². The molecule has 0 aliphatic carbocycles. The zero-order chi connectivity index (χ0) is 22.2. The highest BCUT2D eigenvalue weighted by Crippen LogP contribution is 2.44. The Morgan fingerprint density at radius 2 is 1.97 bits per heavy atom. The van der Waals surface area contributed by atoms with Crippen molar-refractivity contribution in [1.29, 1.82) is 0 Å². The summed E-state index contributed by atoms with van der Waals surface area (Å²) >= 11 is 7.49. The number of aliphatic imine (C=N–C) groups is 1. The number of carbonyl (C=O) groups excluding carboxylic acids is 1. The van der Waals surface area contributed by atoms with E-state index in [2.05, 4.69) is 4.99 Å². The van der Waals surface area contributed by atoms with Crippen LogP contribution < -0.4 is 14.4 Å². The number of hydrogen-bond donors (Lipinski definition) is 0. The van der Waals surface area contributed by atoms with Gasteiger partial charge in [-0.1, -0.05) is 41.6 Å². The quantitative estimate of drug-likeness (QED) is 0.649. The number of sulfone groups is 1. The van der Waals surface area contributed by atoms with Gasteiger partial charge < -0.3 is 14.4 Å². The van der Waals surface area contributed by atoms with Crippen LogP contribution in [-0.4, -0.2) is 56.5 Å². The molecule has 7 nitrogen and oxygen atoms in total. The average molecular weight is 481 g/mol. The molecule has 0 spiro atoms. The monoisotopic (exact) mass is 480 g/mol. The Bertz CT molecular complexity index is 1150. The van der Waals surface area contributed by atoms with Gasteiger partial charge in [-0.25, -0.2) is 8.42 Å². The highest BCUT2D eigenvalue weighted by molar-refractivity contribution is 8.16. The molecule has 0 unspecified atom stereocenters. The van der Waals surface area contributed by atoms with Crippen molar-refractivity contribution < 1.29 is 22.7 Å². The Labute approximate surface area is 190 Å². The maximum absolute atomic E-state index is 12.7. The van der Waals surface area contributed by atoms with Crippen LogP contribution in [0.2, 0.25) is 5.02 Å². The standard InChI is InChI=1S/C21H21ClN2O5S2/c1-28-14-7-8-16(18(10-14)29-2)24-17-11-31(26,27)12-19(17)30-21(24)23-20(25)9-13-5-3-4-6-15(13)22/h3-8,10,17,19H,9,11-12H2,1-2H3/t17-,19-/m0/s1. The molecule has 2 heterocycles. The van der Waals surface area contributed by atoms with Crippen molar-refractivity contribution >= 4 is 50.0 Å². The second-order valence-corrected chi connectivity index (χ2v) is 11.0. The van der Waals surface area contributed by atoms with E-state index in [4.69, 9.17) is 21.1 Å². The summed E-state index contributed by atoms with van der Waals surface area (Å²) in [5.74, 6) is 0.815. The molecule has 2 aromatic carbocycles. The maximum Gasteiger partial charge on any atom is 0.252 e. The molecule has 2 saturated heterocycles. The number of thioether (sulfide) groups is 1. The molecule has 2 fully saturated rings. The summed E-state index contributed by atoms with van der Waals surface area (Å²) in [6.07, 6.45) is 0.0605. The third-order valence-corrected chi connectivity index (χ3v) is 8.81. The number of amidine groups is 1. The predicted molar refractivity (Wildman–Crippen MR) is 123 cm³/mol. The second kappa shape index (κ2) is 8.72. The highest BCUT2D eigenvalue weighted by Gasteiger charge is 2.50. The van der Waals surface area contributed by atoms with Crippen molar-refractivity contribution in [3.63, 3.8) is 0 Å². The predicted octanol–water partition coefficient (Wildman–Crippen LogP) is 3.20. The van der Waals surface area contributed by atoms with E-state index >= 15 is 0 Å². The fourth-order valence-electron chi connectivity index (χ4n) is 3.78. The van der Waals surface area contributed by atoms with Gasteiger partial charge in [-0.15, -0.1) is 0 Å². The molecule has 0 N–H and O–H groups in total. The van der Waals surface area contributed by atoms with Crippen LogP contribution in [0, 0.1) is 0 Å². The van der Waals surface area contributed by atoms with Gasteiger partial charge in [0, 0.05) is 16.3 Å². The first-order valence-electron chi connectivity index (χ1n) is 9.54. The van der Waals surface area contributed by atoms with E-state index in [0.29, 0.717) is 32.9 Å². The minimum atomic E-state index is -3.17. The van der Waals surface area contributed by atoms with Crippen molar-refractivity contribution in [2.24, 2.45) is 4.99 Å². The van der Waals surface area contributed by atoms with Crippen LogP contribution >= 0.6 is 23.4 Å². The van der Waals surface area contributed by atoms with Crippen LogP contribution in [-0.2, 0) is 21.1 Å². The Morgan fingerprint density at radius 3 is 2.68 bits per heavy atom. The van der Waals surface area contributed by atoms with Gasteiger partial charge >= 0.3 is 0 Å². The second-order valence-electron chi connectivity index (χ2n) is 7.26. The topological polar surface area (TPSA) is 85.3 Å². The molecule has 0 saturated carbocycles. The Kier molecular flexibility index (Phi) is 6.18. The zero-order valence-corrected chi connectivity index (χ0v) is 19.3. The summed E-state index contributed by atoms with van der Waals surface area (Å²) < 4.78 is 35.3. The lowest BCUT2D eigenvalue weighted by molar-refractivity contribution is -0.117. The van der Waals surface area contributed by atoms with Gasteiger partial charge in [0.1, 0.15) is 11.5 Å². The number of methoxy groups -OCH3 is 2. The molecule has 0 aromatic heterocycles. The van der Waals surface area contributed by atoms with Crippen molar-refractivity contribution in [3.8, 4) is 11.5 Å². The van der Waals surface area contributed by atoms with E-state index in [1.807, 2.05) is 11.0 Å². The molecule has 2 aliphatic rings. The number of anilines is 1. The number of halogens is 1. The summed E-state index contributed by atoms with van der Waals surface area (Å²) in [6.45, 7) is 0. The third-order valence-electron chi connectivity index (χ3n) is 5.23. The first kappa shape index (κ1) is 22.0. The van der Waals surface area contributed by atoms with Gasteiger partial charge in [0.25, 0.3) is 5.91 Å². The minimum Gasteiger partial charge on any atom is -0.497 e. The van der Waals surface area contributed by atoms with Gasteiger partial charge in [0.15, 0.2) is 15.0 Å². The molecule has 0 radical (unpaired) electrons. The molecule has 1 amide bonds. The van der Waals surface area contributed by atoms with Gasteiger partial charge in [-0.05, 0) is 23.8 Å². The molecule has 2 aliphatic heterocycles. The number of carbonyl (C=O) groups is 1. The lowest BCUT2D eigenvalue weighted by Gasteiger charge is -2.26. The smallest absolute Gasteiger partial charge is 0.252 e. The molecule has 10 heteroatoms. The van der Waals surface area contributed by atoms with Crippen LogP contribution in [0.4, 0.5) is 5.69 Å². The average Bonchev–Trinajstić information content (AvgIpc) is 3.19. The van der Waals surface area contributed by atoms with Crippen molar-refractivity contribution in [2.45, 2.75) is 17.7 Å². The summed E-state index contributed by atoms with van der Waals surface area (Å²) in [7, 11) is -0.0832. The van der Waals surface area contributed by atoms with Gasteiger partial charge in [0.05, 0.1) is 43.9 Å². The Hall–Kier alpha value is -2.23. The first-order chi connectivity index (χ1) is 14.8. The van der Waals surface area contributed by atoms with Crippen molar-refractivity contribution in [1.82, 2.24) is 0 Å². The molecule has 2 atom stereocenters. The molecular formula is C21H21ClN2O5S2. The Morgan fingerprint density at radius 1 is 1.19 bits per heavy atom. The number of fused-ring (bicyclic) bond motifs is 1. The van der Waals surface area contributed by atoms with Crippen molar-refractivity contribution in [3.05, 3.63) is 53.1 Å². The van der Waals surface area contributed by atoms with Crippen LogP contribution in [0.1, 0.15) is 5.56 Å². The van der Waals surface area contributed by atoms with Crippen LogP contribution in [0.5, 0.6) is 11.5 Å². The normalized spacial score (nSPS) is 23.1. The number of nitrogens with zero attached hydrogens (tertiary/aromatic N) is 2. The van der Waals surface area contributed by atoms with E-state index in [1.165, 1.54) is 18.9 Å². The fraction of sp³-hybridized carbons (Fsp3) is 0.333. The lowest BCUT2D eigenvalue weighted by atomic mass is 10.1.